The van der Waals surface area contributed by atoms with Crippen molar-refractivity contribution in [3.63, 3.8) is 0 Å². The second-order valence-electron chi connectivity index (χ2n) is 2.49. The number of amides is 1. The Hall–Kier alpha value is -1.07. The average molecular weight is 204 g/mol. The number of rotatable bonds is 2. The lowest BCUT2D eigenvalue weighted by Gasteiger charge is -2.11. The van der Waals surface area contributed by atoms with Gasteiger partial charge in [0.05, 0.1) is 12.7 Å². The van der Waals surface area contributed by atoms with Crippen molar-refractivity contribution in [2.45, 2.75) is 0 Å². The summed E-state index contributed by atoms with van der Waals surface area (Å²) in [5.41, 5.74) is 0.327. The molecule has 1 heterocycles. The molecule has 0 saturated heterocycles. The quantitative estimate of drug-likeness (QED) is 0.665. The van der Waals surface area contributed by atoms with Crippen molar-refractivity contribution in [3.8, 4) is 0 Å². The van der Waals surface area contributed by atoms with E-state index in [-0.39, 0.29) is 11.1 Å². The van der Waals surface area contributed by atoms with Crippen LogP contribution < -0.4 is 0 Å². The van der Waals surface area contributed by atoms with E-state index in [0.29, 0.717) is 5.56 Å². The third-order valence-electron chi connectivity index (χ3n) is 1.57. The molecule has 0 aromatic carbocycles. The molecule has 0 radical (unpaired) electrons. The summed E-state index contributed by atoms with van der Waals surface area (Å²) < 4.78 is 1.47. The van der Waals surface area contributed by atoms with Gasteiger partial charge < -0.3 is 0 Å². The van der Waals surface area contributed by atoms with Crippen molar-refractivity contribution in [2.75, 3.05) is 14.2 Å². The van der Waals surface area contributed by atoms with E-state index in [1.807, 2.05) is 0 Å². The predicted octanol–water partition coefficient (Wildman–Crippen LogP) is 0.707. The molecule has 1 aromatic rings. The van der Waals surface area contributed by atoms with Crippen LogP contribution in [-0.4, -0.2) is 34.9 Å². The molecule has 0 aliphatic rings. The number of carbonyl (C=O) groups excluding carboxylic acids is 1. The Kier molecular flexibility index (Phi) is 2.90. The second kappa shape index (κ2) is 3.76. The number of halogens is 1. The fourth-order valence-electron chi connectivity index (χ4n) is 0.857. The Morgan fingerprint density at radius 3 is 2.77 bits per heavy atom. The van der Waals surface area contributed by atoms with Gasteiger partial charge in [-0.05, 0) is 0 Å². The zero-order valence-electron chi connectivity index (χ0n) is 7.61. The first-order valence-corrected chi connectivity index (χ1v) is 3.95. The highest BCUT2D eigenvalue weighted by Gasteiger charge is 2.17. The van der Waals surface area contributed by atoms with E-state index in [1.165, 1.54) is 18.8 Å². The Balaban J connectivity index is 2.94. The van der Waals surface area contributed by atoms with Crippen LogP contribution in [0.5, 0.6) is 0 Å². The van der Waals surface area contributed by atoms with Crippen LogP contribution >= 0.6 is 11.6 Å². The fraction of sp³-hybridized carbons (Fsp3) is 0.429. The minimum Gasteiger partial charge on any atom is -0.274 e. The van der Waals surface area contributed by atoms with Gasteiger partial charge in [0, 0.05) is 20.3 Å². The molecular weight excluding hydrogens is 194 g/mol. The fourth-order valence-corrected chi connectivity index (χ4v) is 1.11. The largest absolute Gasteiger partial charge is 0.281 e. The van der Waals surface area contributed by atoms with E-state index < -0.39 is 0 Å². The number of nitrogens with zero attached hydrogens (tertiary/aromatic N) is 3. The van der Waals surface area contributed by atoms with Gasteiger partial charge in [0.15, 0.2) is 5.15 Å². The maximum Gasteiger partial charge on any atom is 0.281 e. The predicted molar refractivity (Wildman–Crippen MR) is 47.3 cm³/mol. The van der Waals surface area contributed by atoms with Crippen molar-refractivity contribution in [1.82, 2.24) is 14.8 Å². The van der Waals surface area contributed by atoms with Crippen LogP contribution in [0.15, 0.2) is 6.20 Å². The van der Waals surface area contributed by atoms with E-state index >= 15 is 0 Å². The van der Waals surface area contributed by atoms with Gasteiger partial charge in [0.2, 0.25) is 0 Å². The van der Waals surface area contributed by atoms with Gasteiger partial charge >= 0.3 is 0 Å². The molecule has 1 rings (SSSR count). The van der Waals surface area contributed by atoms with E-state index in [0.717, 1.165) is 5.06 Å². The van der Waals surface area contributed by atoms with Gasteiger partial charge in [-0.1, -0.05) is 11.6 Å². The number of carbonyl (C=O) groups is 1. The molecule has 5 nitrogen and oxygen atoms in total. The summed E-state index contributed by atoms with van der Waals surface area (Å²) in [5, 5.41) is 5.09. The normalized spacial score (nSPS) is 10.2. The molecule has 72 valence electrons. The third kappa shape index (κ3) is 1.99. The summed E-state index contributed by atoms with van der Waals surface area (Å²) >= 11 is 5.71. The van der Waals surface area contributed by atoms with Crippen LogP contribution in [-0.2, 0) is 11.9 Å². The Morgan fingerprint density at radius 1 is 1.77 bits per heavy atom. The summed E-state index contributed by atoms with van der Waals surface area (Å²) in [5.74, 6) is -0.319. The smallest absolute Gasteiger partial charge is 0.274 e. The highest BCUT2D eigenvalue weighted by atomic mass is 35.5. The van der Waals surface area contributed by atoms with Crippen LogP contribution in [0.1, 0.15) is 10.4 Å². The van der Waals surface area contributed by atoms with E-state index in [9.17, 15) is 4.79 Å². The minimum absolute atomic E-state index is 0.177. The molecule has 0 fully saturated rings. The summed E-state index contributed by atoms with van der Waals surface area (Å²) in [6, 6.07) is 0. The molecule has 0 atom stereocenters. The Morgan fingerprint density at radius 2 is 2.38 bits per heavy atom. The molecule has 0 spiro atoms. The third-order valence-corrected chi connectivity index (χ3v) is 1.85. The van der Waals surface area contributed by atoms with Gasteiger partial charge in [-0.15, -0.1) is 0 Å². The van der Waals surface area contributed by atoms with E-state index in [2.05, 4.69) is 5.10 Å². The number of aryl methyl sites for hydroxylation is 1. The summed E-state index contributed by atoms with van der Waals surface area (Å²) in [4.78, 5) is 16.2. The summed E-state index contributed by atoms with van der Waals surface area (Å²) in [7, 11) is 4.60. The van der Waals surface area contributed by atoms with Gasteiger partial charge in [-0.25, -0.2) is 5.06 Å². The molecule has 0 bridgehead atoms. The molecule has 1 amide bonds. The van der Waals surface area contributed by atoms with E-state index in [4.69, 9.17) is 16.4 Å². The molecule has 13 heavy (non-hydrogen) atoms. The van der Waals surface area contributed by atoms with Crippen molar-refractivity contribution in [2.24, 2.45) is 7.05 Å². The standard InChI is InChI=1S/C7H10ClN3O2/c1-10-4-5(6(8)9-10)7(12)11(2)13-3/h4H,1-3H3. The van der Waals surface area contributed by atoms with Crippen LogP contribution in [0.4, 0.5) is 0 Å². The van der Waals surface area contributed by atoms with Crippen molar-refractivity contribution in [1.29, 1.82) is 0 Å². The summed E-state index contributed by atoms with van der Waals surface area (Å²) in [6.07, 6.45) is 1.54. The first-order valence-electron chi connectivity index (χ1n) is 3.57. The molecule has 0 aliphatic heterocycles. The first-order chi connectivity index (χ1) is 6.06. The summed E-state index contributed by atoms with van der Waals surface area (Å²) in [6.45, 7) is 0. The Bertz CT molecular complexity index is 324. The zero-order chi connectivity index (χ0) is 10.0. The highest BCUT2D eigenvalue weighted by Crippen LogP contribution is 2.14. The van der Waals surface area contributed by atoms with Crippen LogP contribution in [0.2, 0.25) is 5.15 Å². The molecule has 0 unspecified atom stereocenters. The average Bonchev–Trinajstić information content (AvgIpc) is 2.42. The van der Waals surface area contributed by atoms with Crippen LogP contribution in [0.25, 0.3) is 0 Å². The number of hydroxylamine groups is 2. The lowest BCUT2D eigenvalue weighted by molar-refractivity contribution is -0.0756. The van der Waals surface area contributed by atoms with Crippen LogP contribution in [0.3, 0.4) is 0 Å². The maximum atomic E-state index is 11.5. The van der Waals surface area contributed by atoms with Gasteiger partial charge in [0.25, 0.3) is 5.91 Å². The number of aromatic nitrogens is 2. The lowest BCUT2D eigenvalue weighted by Crippen LogP contribution is -2.25. The number of hydrogen-bond acceptors (Lipinski definition) is 3. The van der Waals surface area contributed by atoms with Crippen LogP contribution in [0, 0.1) is 0 Å². The zero-order valence-corrected chi connectivity index (χ0v) is 8.37. The molecule has 1 aromatic heterocycles. The monoisotopic (exact) mass is 203 g/mol. The van der Waals surface area contributed by atoms with Gasteiger partial charge in [0.1, 0.15) is 0 Å². The SMILES string of the molecule is CON(C)C(=O)c1cn(C)nc1Cl. The lowest BCUT2D eigenvalue weighted by atomic mass is 10.3. The van der Waals surface area contributed by atoms with Gasteiger partial charge in [-0.3, -0.25) is 14.3 Å². The maximum absolute atomic E-state index is 11.5. The topological polar surface area (TPSA) is 47.4 Å². The van der Waals surface area contributed by atoms with Crippen molar-refractivity contribution >= 4 is 17.5 Å². The molecular formula is C7H10ClN3O2. The first kappa shape index (κ1) is 10.0. The number of hydrogen-bond donors (Lipinski definition) is 0. The highest BCUT2D eigenvalue weighted by molar-refractivity contribution is 6.32. The second-order valence-corrected chi connectivity index (χ2v) is 2.85. The van der Waals surface area contributed by atoms with E-state index in [1.54, 1.807) is 13.2 Å². The molecule has 0 saturated carbocycles. The minimum atomic E-state index is -0.319. The molecule has 6 heteroatoms. The Labute approximate surface area is 80.8 Å². The molecule has 0 N–H and O–H groups in total. The molecule has 0 aliphatic carbocycles. The van der Waals surface area contributed by atoms with Gasteiger partial charge in [-0.2, -0.15) is 5.10 Å². The van der Waals surface area contributed by atoms with Crippen molar-refractivity contribution in [3.05, 3.63) is 16.9 Å². The van der Waals surface area contributed by atoms with Crippen molar-refractivity contribution < 1.29 is 9.63 Å².